The molecule has 1 atom stereocenters. The molecule has 4 heteroatoms. The molecule has 0 radical (unpaired) electrons. The van der Waals surface area contributed by atoms with E-state index in [2.05, 4.69) is 5.10 Å². The fourth-order valence-electron chi connectivity index (χ4n) is 1.44. The SMILES string of the molecule is Nc1cnn([C@H]2CCCCO2)c1. The Morgan fingerprint density at radius 2 is 2.50 bits per heavy atom. The maximum atomic E-state index is 5.55. The van der Waals surface area contributed by atoms with E-state index >= 15 is 0 Å². The third kappa shape index (κ3) is 1.43. The van der Waals surface area contributed by atoms with Crippen molar-refractivity contribution in [1.82, 2.24) is 9.78 Å². The van der Waals surface area contributed by atoms with Crippen LogP contribution in [0.15, 0.2) is 12.4 Å². The van der Waals surface area contributed by atoms with Crippen LogP contribution in [0.3, 0.4) is 0 Å². The van der Waals surface area contributed by atoms with Crippen molar-refractivity contribution in [3.63, 3.8) is 0 Å². The standard InChI is InChI=1S/C8H13N3O/c9-7-5-10-11(6-7)8-3-1-2-4-12-8/h5-6,8H,1-4,9H2/t8-/m1/s1. The molecule has 0 aliphatic carbocycles. The van der Waals surface area contributed by atoms with Crippen LogP contribution in [0.4, 0.5) is 5.69 Å². The number of nitrogens with two attached hydrogens (primary N) is 1. The third-order valence-corrected chi connectivity index (χ3v) is 2.07. The number of nitrogen functional groups attached to an aromatic ring is 1. The smallest absolute Gasteiger partial charge is 0.150 e. The number of nitrogens with zero attached hydrogens (tertiary/aromatic N) is 2. The van der Waals surface area contributed by atoms with Gasteiger partial charge in [-0.25, -0.2) is 4.68 Å². The van der Waals surface area contributed by atoms with Crippen molar-refractivity contribution in [1.29, 1.82) is 0 Å². The maximum Gasteiger partial charge on any atom is 0.150 e. The summed E-state index contributed by atoms with van der Waals surface area (Å²) < 4.78 is 7.32. The zero-order valence-corrected chi connectivity index (χ0v) is 6.94. The Kier molecular flexibility index (Phi) is 1.99. The largest absolute Gasteiger partial charge is 0.396 e. The Morgan fingerprint density at radius 1 is 1.58 bits per heavy atom. The minimum atomic E-state index is 0.107. The van der Waals surface area contributed by atoms with Gasteiger partial charge in [0.25, 0.3) is 0 Å². The van der Waals surface area contributed by atoms with E-state index < -0.39 is 0 Å². The summed E-state index contributed by atoms with van der Waals surface area (Å²) in [6.07, 6.45) is 6.99. The minimum absolute atomic E-state index is 0.107. The number of anilines is 1. The molecule has 2 N–H and O–H groups in total. The Bertz CT molecular complexity index is 253. The lowest BCUT2D eigenvalue weighted by Gasteiger charge is -2.22. The molecule has 1 aromatic rings. The van der Waals surface area contributed by atoms with Gasteiger partial charge in [-0.05, 0) is 19.3 Å². The van der Waals surface area contributed by atoms with Crippen LogP contribution in [0, 0.1) is 0 Å². The number of rotatable bonds is 1. The van der Waals surface area contributed by atoms with Gasteiger partial charge in [0.15, 0.2) is 0 Å². The predicted molar refractivity (Wildman–Crippen MR) is 45.5 cm³/mol. The minimum Gasteiger partial charge on any atom is -0.396 e. The molecule has 2 rings (SSSR count). The fraction of sp³-hybridized carbons (Fsp3) is 0.625. The summed E-state index contributed by atoms with van der Waals surface area (Å²) in [4.78, 5) is 0. The molecular formula is C8H13N3O. The molecule has 0 bridgehead atoms. The number of hydrogen-bond acceptors (Lipinski definition) is 3. The van der Waals surface area contributed by atoms with E-state index in [1.807, 2.05) is 6.20 Å². The van der Waals surface area contributed by atoms with Crippen molar-refractivity contribution < 1.29 is 4.74 Å². The van der Waals surface area contributed by atoms with Crippen LogP contribution in [0.1, 0.15) is 25.5 Å². The zero-order valence-electron chi connectivity index (χ0n) is 6.94. The molecule has 2 heterocycles. The van der Waals surface area contributed by atoms with Gasteiger partial charge in [-0.15, -0.1) is 0 Å². The highest BCUT2D eigenvalue weighted by Gasteiger charge is 2.15. The molecule has 1 aromatic heterocycles. The van der Waals surface area contributed by atoms with E-state index in [4.69, 9.17) is 10.5 Å². The lowest BCUT2D eigenvalue weighted by molar-refractivity contribution is -0.0394. The first kappa shape index (κ1) is 7.61. The normalized spacial score (nSPS) is 24.2. The highest BCUT2D eigenvalue weighted by atomic mass is 16.5. The summed E-state index contributed by atoms with van der Waals surface area (Å²) in [5.74, 6) is 0. The van der Waals surface area contributed by atoms with Gasteiger partial charge in [-0.1, -0.05) is 0 Å². The van der Waals surface area contributed by atoms with Crippen LogP contribution in [-0.2, 0) is 4.74 Å². The number of aromatic nitrogens is 2. The van der Waals surface area contributed by atoms with Crippen molar-refractivity contribution in [3.8, 4) is 0 Å². The fourth-order valence-corrected chi connectivity index (χ4v) is 1.44. The van der Waals surface area contributed by atoms with Gasteiger partial charge in [0.05, 0.1) is 18.1 Å². The Hall–Kier alpha value is -1.03. The van der Waals surface area contributed by atoms with Crippen LogP contribution in [-0.4, -0.2) is 16.4 Å². The van der Waals surface area contributed by atoms with Gasteiger partial charge in [0.2, 0.25) is 0 Å². The molecule has 0 amide bonds. The number of ether oxygens (including phenoxy) is 1. The predicted octanol–water partition coefficient (Wildman–Crippen LogP) is 1.16. The molecule has 1 saturated heterocycles. The first-order chi connectivity index (χ1) is 5.86. The Balaban J connectivity index is 2.08. The monoisotopic (exact) mass is 167 g/mol. The highest BCUT2D eigenvalue weighted by molar-refractivity contribution is 5.30. The summed E-state index contributed by atoms with van der Waals surface area (Å²) in [6.45, 7) is 0.838. The molecular weight excluding hydrogens is 154 g/mol. The molecule has 0 spiro atoms. The summed E-state index contributed by atoms with van der Waals surface area (Å²) in [6, 6.07) is 0. The van der Waals surface area contributed by atoms with Crippen LogP contribution in [0.5, 0.6) is 0 Å². The second kappa shape index (κ2) is 3.15. The van der Waals surface area contributed by atoms with Gasteiger partial charge in [0.1, 0.15) is 6.23 Å². The van der Waals surface area contributed by atoms with E-state index in [1.165, 1.54) is 6.42 Å². The number of hydrogen-bond donors (Lipinski definition) is 1. The molecule has 0 unspecified atom stereocenters. The van der Waals surface area contributed by atoms with Crippen LogP contribution < -0.4 is 5.73 Å². The maximum absolute atomic E-state index is 5.55. The lowest BCUT2D eigenvalue weighted by atomic mass is 10.2. The first-order valence-corrected chi connectivity index (χ1v) is 4.27. The van der Waals surface area contributed by atoms with Gasteiger partial charge in [-0.3, -0.25) is 0 Å². The van der Waals surface area contributed by atoms with Crippen LogP contribution in [0.2, 0.25) is 0 Å². The molecule has 0 saturated carbocycles. The summed E-state index contributed by atoms with van der Waals surface area (Å²) in [5.41, 5.74) is 6.24. The van der Waals surface area contributed by atoms with E-state index in [0.717, 1.165) is 19.4 Å². The molecule has 4 nitrogen and oxygen atoms in total. The highest BCUT2D eigenvalue weighted by Crippen LogP contribution is 2.21. The molecule has 0 aromatic carbocycles. The van der Waals surface area contributed by atoms with Gasteiger partial charge >= 0.3 is 0 Å². The first-order valence-electron chi connectivity index (χ1n) is 4.27. The summed E-state index contributed by atoms with van der Waals surface area (Å²) in [5, 5.41) is 4.11. The summed E-state index contributed by atoms with van der Waals surface area (Å²) >= 11 is 0. The second-order valence-electron chi connectivity index (χ2n) is 3.07. The van der Waals surface area contributed by atoms with Gasteiger partial charge < -0.3 is 10.5 Å². The lowest BCUT2D eigenvalue weighted by Crippen LogP contribution is -2.18. The van der Waals surface area contributed by atoms with Crippen LogP contribution in [0.25, 0.3) is 0 Å². The molecule has 1 fully saturated rings. The van der Waals surface area contributed by atoms with Gasteiger partial charge in [0, 0.05) is 6.61 Å². The topological polar surface area (TPSA) is 53.1 Å². The Morgan fingerprint density at radius 3 is 3.08 bits per heavy atom. The molecule has 1 aliphatic heterocycles. The van der Waals surface area contributed by atoms with Crippen molar-refractivity contribution in [2.75, 3.05) is 12.3 Å². The van der Waals surface area contributed by atoms with Gasteiger partial charge in [-0.2, -0.15) is 5.10 Å². The van der Waals surface area contributed by atoms with Crippen molar-refractivity contribution in [2.24, 2.45) is 0 Å². The van der Waals surface area contributed by atoms with Crippen molar-refractivity contribution in [2.45, 2.75) is 25.5 Å². The van der Waals surface area contributed by atoms with E-state index in [1.54, 1.807) is 10.9 Å². The van der Waals surface area contributed by atoms with E-state index in [-0.39, 0.29) is 6.23 Å². The quantitative estimate of drug-likeness (QED) is 0.683. The van der Waals surface area contributed by atoms with E-state index in [0.29, 0.717) is 5.69 Å². The Labute approximate surface area is 71.3 Å². The second-order valence-corrected chi connectivity index (χ2v) is 3.07. The van der Waals surface area contributed by atoms with Crippen molar-refractivity contribution in [3.05, 3.63) is 12.4 Å². The summed E-state index contributed by atoms with van der Waals surface area (Å²) in [7, 11) is 0. The molecule has 12 heavy (non-hydrogen) atoms. The molecule has 1 aliphatic rings. The third-order valence-electron chi connectivity index (χ3n) is 2.07. The average Bonchev–Trinajstić information content (AvgIpc) is 2.54. The average molecular weight is 167 g/mol. The molecule has 66 valence electrons. The van der Waals surface area contributed by atoms with E-state index in [9.17, 15) is 0 Å². The zero-order chi connectivity index (χ0) is 8.39. The van der Waals surface area contributed by atoms with Crippen LogP contribution >= 0.6 is 0 Å². The van der Waals surface area contributed by atoms with Crippen molar-refractivity contribution >= 4 is 5.69 Å².